The summed E-state index contributed by atoms with van der Waals surface area (Å²) in [6.45, 7) is 2.70. The predicted molar refractivity (Wildman–Crippen MR) is 59.9 cm³/mol. The minimum Gasteiger partial charge on any atom is -0.468 e. The molecule has 1 heterocycles. The first-order chi connectivity index (χ1) is 7.27. The molecule has 0 aliphatic carbocycles. The lowest BCUT2D eigenvalue weighted by molar-refractivity contribution is -0.143. The molecule has 5 heteroatoms. The third-order valence-electron chi connectivity index (χ3n) is 2.15. The Morgan fingerprint density at radius 2 is 2.53 bits per heavy atom. The van der Waals surface area contributed by atoms with Crippen LogP contribution in [0, 0.1) is 0 Å². The highest BCUT2D eigenvalue weighted by atomic mass is 32.1. The van der Waals surface area contributed by atoms with Gasteiger partial charge in [0, 0.05) is 18.3 Å². The number of hydrogen-bond donors (Lipinski definition) is 1. The molecule has 1 rings (SSSR count). The lowest BCUT2D eigenvalue weighted by Crippen LogP contribution is -2.38. The van der Waals surface area contributed by atoms with Crippen LogP contribution in [0.1, 0.15) is 19.0 Å². The first-order valence-electron chi connectivity index (χ1n) is 4.96. The maximum Gasteiger partial charge on any atom is 0.322 e. The van der Waals surface area contributed by atoms with Gasteiger partial charge in [0.15, 0.2) is 0 Å². The third-order valence-corrected chi connectivity index (χ3v) is 2.78. The first kappa shape index (κ1) is 12.1. The molecule has 1 atom stereocenters. The Hall–Kier alpha value is -0.940. The van der Waals surface area contributed by atoms with E-state index >= 15 is 0 Å². The van der Waals surface area contributed by atoms with E-state index in [4.69, 9.17) is 0 Å². The third kappa shape index (κ3) is 3.97. The molecule has 84 valence electrons. The average molecular weight is 228 g/mol. The summed E-state index contributed by atoms with van der Waals surface area (Å²) in [5.74, 6) is -0.198. The lowest BCUT2D eigenvalue weighted by Gasteiger charge is -2.13. The van der Waals surface area contributed by atoms with E-state index in [1.165, 1.54) is 7.11 Å². The van der Waals surface area contributed by atoms with Crippen LogP contribution in [0.5, 0.6) is 0 Å². The minimum atomic E-state index is -0.200. The van der Waals surface area contributed by atoms with Gasteiger partial charge < -0.3 is 10.1 Å². The first-order valence-corrected chi connectivity index (χ1v) is 5.90. The number of rotatable bonds is 6. The Kier molecular flexibility index (Phi) is 5.28. The topological polar surface area (TPSA) is 51.2 Å². The number of methoxy groups -OCH3 is 1. The Morgan fingerprint density at radius 3 is 3.07 bits per heavy atom. The van der Waals surface area contributed by atoms with Gasteiger partial charge >= 0.3 is 5.97 Å². The fraction of sp³-hybridized carbons (Fsp3) is 0.600. The molecule has 0 saturated carbocycles. The summed E-state index contributed by atoms with van der Waals surface area (Å²) in [6.07, 6.45) is 1.58. The van der Waals surface area contributed by atoms with Crippen molar-refractivity contribution in [3.8, 4) is 0 Å². The standard InChI is InChI=1S/C10H16N2O2S/c1-3-9(10(13)14-2)11-5-4-8-6-15-7-12-8/h6-7,9,11H,3-5H2,1-2H3. The maximum atomic E-state index is 11.2. The fourth-order valence-electron chi connectivity index (χ4n) is 1.27. The molecule has 1 unspecified atom stereocenters. The van der Waals surface area contributed by atoms with Gasteiger partial charge in [-0.2, -0.15) is 0 Å². The highest BCUT2D eigenvalue weighted by Crippen LogP contribution is 2.01. The van der Waals surface area contributed by atoms with Crippen molar-refractivity contribution >= 4 is 17.3 Å². The van der Waals surface area contributed by atoms with E-state index in [1.807, 2.05) is 17.8 Å². The molecule has 0 amide bonds. The summed E-state index contributed by atoms with van der Waals surface area (Å²) in [6, 6.07) is -0.200. The Morgan fingerprint density at radius 1 is 1.73 bits per heavy atom. The van der Waals surface area contributed by atoms with Crippen LogP contribution in [0.3, 0.4) is 0 Å². The predicted octanol–water partition coefficient (Wildman–Crippen LogP) is 1.23. The van der Waals surface area contributed by atoms with Gasteiger partial charge in [-0.15, -0.1) is 11.3 Å². The Labute approximate surface area is 93.7 Å². The molecule has 0 aliphatic rings. The highest BCUT2D eigenvalue weighted by Gasteiger charge is 2.15. The smallest absolute Gasteiger partial charge is 0.322 e. The van der Waals surface area contributed by atoms with Crippen LogP contribution in [-0.2, 0) is 16.0 Å². The molecule has 1 N–H and O–H groups in total. The zero-order valence-electron chi connectivity index (χ0n) is 9.03. The molecule has 0 spiro atoms. The van der Waals surface area contributed by atoms with Gasteiger partial charge in [0.2, 0.25) is 0 Å². The number of nitrogens with zero attached hydrogens (tertiary/aromatic N) is 1. The van der Waals surface area contributed by atoms with Crippen LogP contribution >= 0.6 is 11.3 Å². The molecule has 1 aromatic heterocycles. The van der Waals surface area contributed by atoms with Crippen molar-refractivity contribution in [2.24, 2.45) is 0 Å². The van der Waals surface area contributed by atoms with Crippen molar-refractivity contribution in [2.45, 2.75) is 25.8 Å². The molecule has 0 bridgehead atoms. The van der Waals surface area contributed by atoms with Gasteiger partial charge in [-0.05, 0) is 6.42 Å². The van der Waals surface area contributed by atoms with Crippen LogP contribution in [0.4, 0.5) is 0 Å². The van der Waals surface area contributed by atoms with Gasteiger partial charge in [-0.25, -0.2) is 4.98 Å². The van der Waals surface area contributed by atoms with Gasteiger partial charge in [0.25, 0.3) is 0 Å². The van der Waals surface area contributed by atoms with E-state index < -0.39 is 0 Å². The molecular weight excluding hydrogens is 212 g/mol. The summed E-state index contributed by atoms with van der Waals surface area (Å²) in [4.78, 5) is 15.4. The number of ether oxygens (including phenoxy) is 1. The second-order valence-corrected chi connectivity index (χ2v) is 3.89. The van der Waals surface area contributed by atoms with Crippen molar-refractivity contribution in [3.63, 3.8) is 0 Å². The van der Waals surface area contributed by atoms with E-state index in [0.29, 0.717) is 0 Å². The van der Waals surface area contributed by atoms with Gasteiger partial charge in [-0.1, -0.05) is 6.92 Å². The minimum absolute atomic E-state index is 0.198. The molecule has 4 nitrogen and oxygen atoms in total. The number of nitrogens with one attached hydrogen (secondary N) is 1. The average Bonchev–Trinajstić information content (AvgIpc) is 2.76. The molecule has 0 aromatic carbocycles. The molecule has 1 aromatic rings. The van der Waals surface area contributed by atoms with Gasteiger partial charge in [-0.3, -0.25) is 4.79 Å². The second-order valence-electron chi connectivity index (χ2n) is 3.17. The molecule has 0 aliphatic heterocycles. The molecule has 0 radical (unpaired) electrons. The maximum absolute atomic E-state index is 11.2. The van der Waals surface area contributed by atoms with Crippen LogP contribution < -0.4 is 5.32 Å². The zero-order chi connectivity index (χ0) is 11.1. The number of hydrogen-bond acceptors (Lipinski definition) is 5. The quantitative estimate of drug-likeness (QED) is 0.744. The van der Waals surface area contributed by atoms with Crippen LogP contribution in [0.15, 0.2) is 10.9 Å². The number of carbonyl (C=O) groups excluding carboxylic acids is 1. The Balaban J connectivity index is 2.26. The van der Waals surface area contributed by atoms with Gasteiger partial charge in [0.05, 0.1) is 18.3 Å². The van der Waals surface area contributed by atoms with Crippen LogP contribution in [-0.4, -0.2) is 30.6 Å². The summed E-state index contributed by atoms with van der Waals surface area (Å²) >= 11 is 1.58. The largest absolute Gasteiger partial charge is 0.468 e. The van der Waals surface area contributed by atoms with Crippen molar-refractivity contribution in [3.05, 3.63) is 16.6 Å². The van der Waals surface area contributed by atoms with Crippen molar-refractivity contribution in [2.75, 3.05) is 13.7 Å². The summed E-state index contributed by atoms with van der Waals surface area (Å²) in [7, 11) is 1.41. The summed E-state index contributed by atoms with van der Waals surface area (Å²) < 4.78 is 4.68. The normalized spacial score (nSPS) is 12.4. The molecule has 0 saturated heterocycles. The van der Waals surface area contributed by atoms with E-state index in [2.05, 4.69) is 15.0 Å². The van der Waals surface area contributed by atoms with Crippen LogP contribution in [0.25, 0.3) is 0 Å². The number of carbonyl (C=O) groups is 1. The van der Waals surface area contributed by atoms with Crippen molar-refractivity contribution in [1.29, 1.82) is 0 Å². The van der Waals surface area contributed by atoms with Crippen molar-refractivity contribution < 1.29 is 9.53 Å². The highest BCUT2D eigenvalue weighted by molar-refractivity contribution is 7.07. The molecule has 15 heavy (non-hydrogen) atoms. The summed E-state index contributed by atoms with van der Waals surface area (Å²) in [5, 5.41) is 5.16. The lowest BCUT2D eigenvalue weighted by atomic mass is 10.2. The van der Waals surface area contributed by atoms with Crippen LogP contribution in [0.2, 0.25) is 0 Å². The van der Waals surface area contributed by atoms with E-state index in [-0.39, 0.29) is 12.0 Å². The van der Waals surface area contributed by atoms with Crippen molar-refractivity contribution in [1.82, 2.24) is 10.3 Å². The second kappa shape index (κ2) is 6.53. The number of thiazole rings is 1. The number of esters is 1. The zero-order valence-corrected chi connectivity index (χ0v) is 9.84. The van der Waals surface area contributed by atoms with E-state index in [0.717, 1.165) is 25.1 Å². The molecular formula is C10H16N2O2S. The molecule has 0 fully saturated rings. The summed E-state index contributed by atoms with van der Waals surface area (Å²) in [5.41, 5.74) is 2.87. The SMILES string of the molecule is CCC(NCCc1cscn1)C(=O)OC. The fourth-order valence-corrected chi connectivity index (χ4v) is 1.86. The van der Waals surface area contributed by atoms with E-state index in [9.17, 15) is 4.79 Å². The van der Waals surface area contributed by atoms with E-state index in [1.54, 1.807) is 11.3 Å². The monoisotopic (exact) mass is 228 g/mol. The van der Waals surface area contributed by atoms with Gasteiger partial charge in [0.1, 0.15) is 6.04 Å². The number of aromatic nitrogens is 1. The Bertz CT molecular complexity index is 288.